The summed E-state index contributed by atoms with van der Waals surface area (Å²) in [4.78, 5) is 11.5. The van der Waals surface area contributed by atoms with E-state index in [0.29, 0.717) is 0 Å². The smallest absolute Gasteiger partial charge is 0.306 e. The fourth-order valence-corrected chi connectivity index (χ4v) is 1.91. The van der Waals surface area contributed by atoms with Crippen molar-refractivity contribution in [1.29, 1.82) is 0 Å². The van der Waals surface area contributed by atoms with E-state index >= 15 is 0 Å². The van der Waals surface area contributed by atoms with Gasteiger partial charge in [0.05, 0.1) is 6.10 Å². The van der Waals surface area contributed by atoms with Gasteiger partial charge in [-0.1, -0.05) is 19.8 Å². The number of carbonyl (C=O) groups is 1. The van der Waals surface area contributed by atoms with Crippen molar-refractivity contribution in [3.8, 4) is 0 Å². The molecule has 0 aliphatic carbocycles. The predicted molar refractivity (Wildman–Crippen MR) is 62.6 cm³/mol. The van der Waals surface area contributed by atoms with Crippen LogP contribution in [0.5, 0.6) is 0 Å². The number of carbonyl (C=O) groups excluding carboxylic acids is 1. The zero-order chi connectivity index (χ0) is 13.7. The maximum Gasteiger partial charge on any atom is 0.306 e. The Morgan fingerprint density at radius 2 is 1.89 bits per heavy atom. The highest BCUT2D eigenvalue weighted by Crippen LogP contribution is 2.22. The fourth-order valence-electron chi connectivity index (χ4n) is 1.91. The van der Waals surface area contributed by atoms with Gasteiger partial charge in [-0.25, -0.2) is 0 Å². The van der Waals surface area contributed by atoms with Crippen LogP contribution in [0.4, 0.5) is 0 Å². The lowest BCUT2D eigenvalue weighted by atomic mass is 10.00. The second kappa shape index (κ2) is 7.04. The van der Waals surface area contributed by atoms with E-state index in [9.17, 15) is 20.1 Å². The minimum atomic E-state index is -1.46. The van der Waals surface area contributed by atoms with Crippen molar-refractivity contribution >= 4 is 5.97 Å². The zero-order valence-corrected chi connectivity index (χ0v) is 10.8. The van der Waals surface area contributed by atoms with Gasteiger partial charge in [-0.2, -0.15) is 0 Å². The van der Waals surface area contributed by atoms with Gasteiger partial charge in [0.1, 0.15) is 12.2 Å². The monoisotopic (exact) mass is 262 g/mol. The molecular weight excluding hydrogens is 240 g/mol. The van der Waals surface area contributed by atoms with E-state index in [-0.39, 0.29) is 6.42 Å². The third-order valence-corrected chi connectivity index (χ3v) is 3.05. The van der Waals surface area contributed by atoms with Gasteiger partial charge in [-0.05, 0) is 13.3 Å². The van der Waals surface area contributed by atoms with Gasteiger partial charge in [0.15, 0.2) is 12.4 Å². The van der Waals surface area contributed by atoms with E-state index in [2.05, 4.69) is 0 Å². The normalized spacial score (nSPS) is 36.4. The highest BCUT2D eigenvalue weighted by molar-refractivity contribution is 5.69. The molecule has 0 aromatic carbocycles. The van der Waals surface area contributed by atoms with Crippen molar-refractivity contribution in [1.82, 2.24) is 0 Å². The summed E-state index contributed by atoms with van der Waals surface area (Å²) in [5.41, 5.74) is 0. The zero-order valence-electron chi connectivity index (χ0n) is 10.8. The summed E-state index contributed by atoms with van der Waals surface area (Å²) in [7, 11) is 0. The first-order chi connectivity index (χ1) is 8.47. The fraction of sp³-hybridized carbons (Fsp3) is 0.917. The number of aliphatic hydroxyl groups excluding tert-OH is 3. The van der Waals surface area contributed by atoms with Crippen LogP contribution in [0.15, 0.2) is 0 Å². The molecular formula is C12H22O6. The van der Waals surface area contributed by atoms with Gasteiger partial charge in [0, 0.05) is 6.42 Å². The molecule has 0 unspecified atom stereocenters. The summed E-state index contributed by atoms with van der Waals surface area (Å²) in [6.07, 6.45) is -2.90. The number of esters is 1. The van der Waals surface area contributed by atoms with Crippen LogP contribution in [-0.2, 0) is 14.3 Å². The lowest BCUT2D eigenvalue weighted by molar-refractivity contribution is -0.281. The van der Waals surface area contributed by atoms with Gasteiger partial charge in [0.25, 0.3) is 0 Å². The second-order valence-electron chi connectivity index (χ2n) is 4.62. The quantitative estimate of drug-likeness (QED) is 0.474. The molecule has 1 aliphatic heterocycles. The number of hydrogen-bond acceptors (Lipinski definition) is 6. The number of aliphatic hydroxyl groups is 3. The summed E-state index contributed by atoms with van der Waals surface area (Å²) in [6, 6.07) is 0. The molecule has 0 aromatic heterocycles. The van der Waals surface area contributed by atoms with Gasteiger partial charge in [-0.3, -0.25) is 4.79 Å². The molecule has 3 N–H and O–H groups in total. The Kier molecular flexibility index (Phi) is 6.01. The van der Waals surface area contributed by atoms with Gasteiger partial charge >= 0.3 is 5.97 Å². The van der Waals surface area contributed by atoms with Crippen LogP contribution in [0.3, 0.4) is 0 Å². The van der Waals surface area contributed by atoms with E-state index in [1.807, 2.05) is 6.92 Å². The second-order valence-corrected chi connectivity index (χ2v) is 4.62. The molecule has 1 rings (SSSR count). The standard InChI is InChI=1S/C12H22O6/c1-3-4-5-6-8(13)18-11-7(2)17-12(16)10(15)9(11)14/h7,9-12,14-16H,3-6H2,1-2H3/t7-,9-,10+,11-,12+/m0/s1. The molecule has 1 saturated heterocycles. The maximum atomic E-state index is 11.5. The van der Waals surface area contributed by atoms with E-state index in [0.717, 1.165) is 19.3 Å². The molecule has 0 spiro atoms. The highest BCUT2D eigenvalue weighted by atomic mass is 16.7. The first-order valence-electron chi connectivity index (χ1n) is 6.36. The summed E-state index contributed by atoms with van der Waals surface area (Å²) >= 11 is 0. The van der Waals surface area contributed by atoms with Crippen LogP contribution in [0, 0.1) is 0 Å². The van der Waals surface area contributed by atoms with Crippen LogP contribution in [0.25, 0.3) is 0 Å². The molecule has 6 nitrogen and oxygen atoms in total. The molecule has 6 heteroatoms. The lowest BCUT2D eigenvalue weighted by Crippen LogP contribution is -2.57. The maximum absolute atomic E-state index is 11.5. The molecule has 5 atom stereocenters. The van der Waals surface area contributed by atoms with Crippen molar-refractivity contribution in [3.63, 3.8) is 0 Å². The molecule has 18 heavy (non-hydrogen) atoms. The SMILES string of the molecule is CCCCCC(=O)O[C@@H]1[C@@H](O)[C@@H](O)[C@H](O)O[C@H]1C. The molecule has 1 fully saturated rings. The Balaban J connectivity index is 2.46. The number of rotatable bonds is 5. The van der Waals surface area contributed by atoms with Crippen LogP contribution < -0.4 is 0 Å². The van der Waals surface area contributed by atoms with Crippen molar-refractivity contribution in [2.45, 2.75) is 70.2 Å². The van der Waals surface area contributed by atoms with Crippen LogP contribution in [-0.4, -0.2) is 52.0 Å². The molecule has 0 aromatic rings. The van der Waals surface area contributed by atoms with Crippen molar-refractivity contribution < 1.29 is 29.6 Å². The van der Waals surface area contributed by atoms with Gasteiger partial charge in [-0.15, -0.1) is 0 Å². The van der Waals surface area contributed by atoms with E-state index < -0.39 is 36.7 Å². The first-order valence-corrected chi connectivity index (χ1v) is 6.36. The van der Waals surface area contributed by atoms with Crippen LogP contribution >= 0.6 is 0 Å². The first kappa shape index (κ1) is 15.4. The van der Waals surface area contributed by atoms with Crippen LogP contribution in [0.2, 0.25) is 0 Å². The van der Waals surface area contributed by atoms with Crippen LogP contribution in [0.1, 0.15) is 39.5 Å². The lowest BCUT2D eigenvalue weighted by Gasteiger charge is -2.38. The number of hydrogen-bond donors (Lipinski definition) is 3. The Hall–Kier alpha value is -0.690. The molecule has 0 saturated carbocycles. The average molecular weight is 262 g/mol. The molecule has 1 aliphatic rings. The third kappa shape index (κ3) is 3.91. The average Bonchev–Trinajstić information content (AvgIpc) is 2.32. The van der Waals surface area contributed by atoms with Crippen molar-refractivity contribution in [2.24, 2.45) is 0 Å². The Morgan fingerprint density at radius 3 is 2.50 bits per heavy atom. The number of ether oxygens (including phenoxy) is 2. The minimum Gasteiger partial charge on any atom is -0.457 e. The summed E-state index contributed by atoms with van der Waals surface area (Å²) in [6.45, 7) is 3.60. The third-order valence-electron chi connectivity index (χ3n) is 3.05. The molecule has 1 heterocycles. The summed E-state index contributed by atoms with van der Waals surface area (Å²) in [5, 5.41) is 28.4. The van der Waals surface area contributed by atoms with Gasteiger partial charge < -0.3 is 24.8 Å². The van der Waals surface area contributed by atoms with Gasteiger partial charge in [0.2, 0.25) is 0 Å². The summed E-state index contributed by atoms with van der Waals surface area (Å²) < 4.78 is 10.1. The Morgan fingerprint density at radius 1 is 1.22 bits per heavy atom. The van der Waals surface area contributed by atoms with E-state index in [1.54, 1.807) is 6.92 Å². The molecule has 0 radical (unpaired) electrons. The number of unbranched alkanes of at least 4 members (excludes halogenated alkanes) is 2. The molecule has 106 valence electrons. The molecule has 0 amide bonds. The van der Waals surface area contributed by atoms with Crippen molar-refractivity contribution in [3.05, 3.63) is 0 Å². The molecule has 0 bridgehead atoms. The predicted octanol–water partition coefficient (Wildman–Crippen LogP) is -0.0626. The minimum absolute atomic E-state index is 0.280. The van der Waals surface area contributed by atoms with Crippen molar-refractivity contribution in [2.75, 3.05) is 0 Å². The summed E-state index contributed by atoms with van der Waals surface area (Å²) in [5.74, 6) is -0.425. The Labute approximate surface area is 107 Å². The topological polar surface area (TPSA) is 96.2 Å². The highest BCUT2D eigenvalue weighted by Gasteiger charge is 2.44. The van der Waals surface area contributed by atoms with E-state index in [4.69, 9.17) is 9.47 Å². The Bertz CT molecular complexity index is 269. The largest absolute Gasteiger partial charge is 0.457 e. The van der Waals surface area contributed by atoms with E-state index in [1.165, 1.54) is 0 Å².